The second kappa shape index (κ2) is 8.92. The molecule has 1 aliphatic rings. The van der Waals surface area contributed by atoms with E-state index in [1.165, 1.54) is 0 Å². The Morgan fingerprint density at radius 3 is 2.52 bits per heavy atom. The highest BCUT2D eigenvalue weighted by atomic mass is 16.5. The van der Waals surface area contributed by atoms with Crippen molar-refractivity contribution in [2.75, 3.05) is 23.9 Å². The predicted octanol–water partition coefficient (Wildman–Crippen LogP) is 4.79. The lowest BCUT2D eigenvalue weighted by Gasteiger charge is -2.19. The summed E-state index contributed by atoms with van der Waals surface area (Å²) >= 11 is 0. The summed E-state index contributed by atoms with van der Waals surface area (Å²) in [7, 11) is 1.57. The van der Waals surface area contributed by atoms with E-state index in [9.17, 15) is 9.59 Å². The number of anilines is 2. The van der Waals surface area contributed by atoms with Crippen LogP contribution in [0.4, 0.5) is 11.4 Å². The molecule has 0 saturated carbocycles. The summed E-state index contributed by atoms with van der Waals surface area (Å²) in [5, 5.41) is 2.90. The zero-order valence-corrected chi connectivity index (χ0v) is 17.5. The number of ether oxygens (including phenoxy) is 2. The normalized spacial score (nSPS) is 15.6. The second-order valence-corrected chi connectivity index (χ2v) is 7.51. The minimum atomic E-state index is -0.430. The quantitative estimate of drug-likeness (QED) is 0.628. The third kappa shape index (κ3) is 4.69. The minimum Gasteiger partial charge on any atom is -0.495 e. The summed E-state index contributed by atoms with van der Waals surface area (Å²) in [6.45, 7) is 2.33. The largest absolute Gasteiger partial charge is 0.495 e. The minimum absolute atomic E-state index is 0.0912. The van der Waals surface area contributed by atoms with Crippen molar-refractivity contribution in [3.8, 4) is 17.2 Å². The SMILES string of the molecule is COc1ccccc1N1C[C@@H](C(=O)Nc2ccc(Oc3cccc(C)c3)cc2)CC1=O. The van der Waals surface area contributed by atoms with Gasteiger partial charge in [-0.05, 0) is 61.0 Å². The van der Waals surface area contributed by atoms with Gasteiger partial charge < -0.3 is 19.7 Å². The van der Waals surface area contributed by atoms with E-state index in [0.717, 1.165) is 11.3 Å². The zero-order chi connectivity index (χ0) is 21.8. The number of aryl methyl sites for hydroxylation is 1. The van der Waals surface area contributed by atoms with Crippen molar-refractivity contribution < 1.29 is 19.1 Å². The van der Waals surface area contributed by atoms with Crippen molar-refractivity contribution in [1.82, 2.24) is 0 Å². The Morgan fingerprint density at radius 1 is 1.00 bits per heavy atom. The van der Waals surface area contributed by atoms with E-state index >= 15 is 0 Å². The maximum absolute atomic E-state index is 12.8. The summed E-state index contributed by atoms with van der Waals surface area (Å²) in [5.74, 6) is 1.35. The molecule has 4 rings (SSSR count). The van der Waals surface area contributed by atoms with Gasteiger partial charge in [0.25, 0.3) is 0 Å². The van der Waals surface area contributed by atoms with Crippen LogP contribution in [0.1, 0.15) is 12.0 Å². The van der Waals surface area contributed by atoms with Gasteiger partial charge in [-0.25, -0.2) is 0 Å². The first-order chi connectivity index (χ1) is 15.0. The van der Waals surface area contributed by atoms with Gasteiger partial charge in [0.05, 0.1) is 18.7 Å². The lowest BCUT2D eigenvalue weighted by Crippen LogP contribution is -2.28. The summed E-state index contributed by atoms with van der Waals surface area (Å²) in [4.78, 5) is 26.9. The van der Waals surface area contributed by atoms with Gasteiger partial charge in [0.15, 0.2) is 0 Å². The van der Waals surface area contributed by atoms with Crippen LogP contribution >= 0.6 is 0 Å². The molecule has 0 aliphatic carbocycles. The fourth-order valence-corrected chi connectivity index (χ4v) is 3.63. The van der Waals surface area contributed by atoms with Crippen molar-refractivity contribution in [2.24, 2.45) is 5.92 Å². The number of para-hydroxylation sites is 2. The Bertz CT molecular complexity index is 1090. The fourth-order valence-electron chi connectivity index (χ4n) is 3.63. The number of hydrogen-bond donors (Lipinski definition) is 1. The molecule has 6 nitrogen and oxygen atoms in total. The summed E-state index contributed by atoms with van der Waals surface area (Å²) in [6.07, 6.45) is 0.165. The van der Waals surface area contributed by atoms with Crippen molar-refractivity contribution in [1.29, 1.82) is 0 Å². The highest BCUT2D eigenvalue weighted by Gasteiger charge is 2.36. The number of methoxy groups -OCH3 is 1. The molecule has 1 fully saturated rings. The molecule has 1 aliphatic heterocycles. The maximum atomic E-state index is 12.8. The molecule has 3 aromatic carbocycles. The first kappa shape index (κ1) is 20.5. The molecule has 1 atom stereocenters. The van der Waals surface area contributed by atoms with Crippen LogP contribution in [0, 0.1) is 12.8 Å². The van der Waals surface area contributed by atoms with Gasteiger partial charge >= 0.3 is 0 Å². The van der Waals surface area contributed by atoms with E-state index in [4.69, 9.17) is 9.47 Å². The number of carbonyl (C=O) groups is 2. The number of carbonyl (C=O) groups excluding carboxylic acids is 2. The topological polar surface area (TPSA) is 67.9 Å². The van der Waals surface area contributed by atoms with Crippen molar-refractivity contribution in [2.45, 2.75) is 13.3 Å². The number of rotatable bonds is 6. The maximum Gasteiger partial charge on any atom is 0.229 e. The predicted molar refractivity (Wildman–Crippen MR) is 120 cm³/mol. The molecule has 3 aromatic rings. The van der Waals surface area contributed by atoms with Crippen LogP contribution in [0.25, 0.3) is 0 Å². The van der Waals surface area contributed by atoms with E-state index in [1.807, 2.05) is 49.4 Å². The first-order valence-corrected chi connectivity index (χ1v) is 10.1. The third-order valence-corrected chi connectivity index (χ3v) is 5.22. The van der Waals surface area contributed by atoms with Gasteiger partial charge in [-0.2, -0.15) is 0 Å². The smallest absolute Gasteiger partial charge is 0.229 e. The lowest BCUT2D eigenvalue weighted by molar-refractivity contribution is -0.122. The molecule has 6 heteroatoms. The molecule has 1 heterocycles. The van der Waals surface area contributed by atoms with Crippen molar-refractivity contribution >= 4 is 23.2 Å². The van der Waals surface area contributed by atoms with E-state index in [0.29, 0.717) is 29.4 Å². The molecule has 31 heavy (non-hydrogen) atoms. The Kier molecular flexibility index (Phi) is 5.89. The summed E-state index contributed by atoms with van der Waals surface area (Å²) in [5.41, 5.74) is 2.46. The average molecular weight is 416 g/mol. The number of hydrogen-bond acceptors (Lipinski definition) is 4. The molecule has 0 aromatic heterocycles. The van der Waals surface area contributed by atoms with Crippen LogP contribution in [0.5, 0.6) is 17.2 Å². The Hall–Kier alpha value is -3.80. The fraction of sp³-hybridized carbons (Fsp3) is 0.200. The average Bonchev–Trinajstić information content (AvgIpc) is 3.17. The Morgan fingerprint density at radius 2 is 1.77 bits per heavy atom. The zero-order valence-electron chi connectivity index (χ0n) is 17.5. The van der Waals surface area contributed by atoms with Crippen molar-refractivity contribution in [3.05, 3.63) is 78.4 Å². The Labute approximate surface area is 181 Å². The number of amides is 2. The van der Waals surface area contributed by atoms with Gasteiger partial charge in [-0.15, -0.1) is 0 Å². The van der Waals surface area contributed by atoms with Gasteiger partial charge in [0.1, 0.15) is 17.2 Å². The molecule has 0 spiro atoms. The van der Waals surface area contributed by atoms with Crippen LogP contribution in [0.2, 0.25) is 0 Å². The second-order valence-electron chi connectivity index (χ2n) is 7.51. The monoisotopic (exact) mass is 416 g/mol. The van der Waals surface area contributed by atoms with E-state index in [-0.39, 0.29) is 18.2 Å². The first-order valence-electron chi connectivity index (χ1n) is 10.1. The molecule has 0 radical (unpaired) electrons. The highest BCUT2D eigenvalue weighted by molar-refractivity contribution is 6.04. The summed E-state index contributed by atoms with van der Waals surface area (Å²) in [6, 6.07) is 22.3. The van der Waals surface area contributed by atoms with Crippen LogP contribution in [0.3, 0.4) is 0 Å². The number of nitrogens with one attached hydrogen (secondary N) is 1. The van der Waals surface area contributed by atoms with Crippen LogP contribution in [-0.4, -0.2) is 25.5 Å². The highest BCUT2D eigenvalue weighted by Crippen LogP contribution is 2.33. The summed E-state index contributed by atoms with van der Waals surface area (Å²) < 4.78 is 11.2. The third-order valence-electron chi connectivity index (χ3n) is 5.22. The van der Waals surface area contributed by atoms with E-state index < -0.39 is 5.92 Å². The molecule has 2 amide bonds. The van der Waals surface area contributed by atoms with E-state index in [1.54, 1.807) is 42.3 Å². The number of nitrogens with zero attached hydrogens (tertiary/aromatic N) is 1. The van der Waals surface area contributed by atoms with Gasteiger partial charge in [-0.3, -0.25) is 9.59 Å². The molecule has 158 valence electrons. The van der Waals surface area contributed by atoms with E-state index in [2.05, 4.69) is 5.32 Å². The standard InChI is InChI=1S/C25H24N2O4/c1-17-6-5-7-21(14-17)31-20-12-10-19(11-13-20)26-25(29)18-15-24(28)27(16-18)22-8-3-4-9-23(22)30-2/h3-14,18H,15-16H2,1-2H3,(H,26,29)/t18-/m0/s1. The van der Waals surface area contributed by atoms with Gasteiger partial charge in [0.2, 0.25) is 11.8 Å². The molecular formula is C25H24N2O4. The molecule has 0 unspecified atom stereocenters. The number of benzene rings is 3. The van der Waals surface area contributed by atoms with Crippen LogP contribution < -0.4 is 19.7 Å². The molecule has 1 saturated heterocycles. The van der Waals surface area contributed by atoms with Crippen LogP contribution in [0.15, 0.2) is 72.8 Å². The molecule has 0 bridgehead atoms. The molecular weight excluding hydrogens is 392 g/mol. The van der Waals surface area contributed by atoms with Crippen LogP contribution in [-0.2, 0) is 9.59 Å². The van der Waals surface area contributed by atoms with Gasteiger partial charge in [0, 0.05) is 18.7 Å². The lowest BCUT2D eigenvalue weighted by atomic mass is 10.1. The van der Waals surface area contributed by atoms with Gasteiger partial charge in [-0.1, -0.05) is 24.3 Å². The molecule has 1 N–H and O–H groups in total. The van der Waals surface area contributed by atoms with Crippen molar-refractivity contribution in [3.63, 3.8) is 0 Å². The Balaban J connectivity index is 1.39.